The van der Waals surface area contributed by atoms with Gasteiger partial charge >= 0.3 is 0 Å². The first kappa shape index (κ1) is 17.8. The number of rotatable bonds is 7. The SMILES string of the molecule is C=CCNC(=O)CC(NC(=O)c1ccccc1Cl)c1ccccc1. The molecule has 0 fully saturated rings. The second-order valence-electron chi connectivity index (χ2n) is 5.21. The third-order valence-electron chi connectivity index (χ3n) is 3.46. The molecule has 0 bridgehead atoms. The first-order valence-corrected chi connectivity index (χ1v) is 7.97. The van der Waals surface area contributed by atoms with Gasteiger partial charge in [-0.2, -0.15) is 0 Å². The minimum atomic E-state index is -0.445. The van der Waals surface area contributed by atoms with Crippen LogP contribution in [0.15, 0.2) is 67.3 Å². The summed E-state index contributed by atoms with van der Waals surface area (Å²) >= 11 is 6.07. The highest BCUT2D eigenvalue weighted by atomic mass is 35.5. The fraction of sp³-hybridized carbons (Fsp3) is 0.158. The lowest BCUT2D eigenvalue weighted by molar-refractivity contribution is -0.121. The number of halogens is 1. The predicted octanol–water partition coefficient (Wildman–Crippen LogP) is 3.50. The van der Waals surface area contributed by atoms with Crippen molar-refractivity contribution in [2.24, 2.45) is 0 Å². The number of benzene rings is 2. The van der Waals surface area contributed by atoms with Crippen LogP contribution in [0.2, 0.25) is 5.02 Å². The van der Waals surface area contributed by atoms with Crippen molar-refractivity contribution in [3.63, 3.8) is 0 Å². The molecule has 2 amide bonds. The van der Waals surface area contributed by atoms with Gasteiger partial charge in [-0.15, -0.1) is 6.58 Å². The van der Waals surface area contributed by atoms with Crippen LogP contribution in [0.1, 0.15) is 28.4 Å². The first-order chi connectivity index (χ1) is 11.6. The highest BCUT2D eigenvalue weighted by Gasteiger charge is 2.20. The van der Waals surface area contributed by atoms with Crippen molar-refractivity contribution in [1.82, 2.24) is 10.6 Å². The molecule has 0 radical (unpaired) electrons. The monoisotopic (exact) mass is 342 g/mol. The van der Waals surface area contributed by atoms with Crippen LogP contribution in [0.3, 0.4) is 0 Å². The Hall–Kier alpha value is -2.59. The van der Waals surface area contributed by atoms with Crippen LogP contribution in [0.4, 0.5) is 0 Å². The van der Waals surface area contributed by atoms with Gasteiger partial charge in [0, 0.05) is 6.54 Å². The quantitative estimate of drug-likeness (QED) is 0.756. The van der Waals surface area contributed by atoms with Crippen LogP contribution in [0.25, 0.3) is 0 Å². The van der Waals surface area contributed by atoms with E-state index in [2.05, 4.69) is 17.2 Å². The second-order valence-corrected chi connectivity index (χ2v) is 5.62. The summed E-state index contributed by atoms with van der Waals surface area (Å²) in [5.41, 5.74) is 1.23. The topological polar surface area (TPSA) is 58.2 Å². The van der Waals surface area contributed by atoms with Gasteiger partial charge in [0.05, 0.1) is 23.0 Å². The minimum absolute atomic E-state index is 0.133. The van der Waals surface area contributed by atoms with E-state index in [9.17, 15) is 9.59 Å². The fourth-order valence-corrected chi connectivity index (χ4v) is 2.48. The molecular formula is C19H19ClN2O2. The van der Waals surface area contributed by atoms with Crippen molar-refractivity contribution in [2.75, 3.05) is 6.54 Å². The van der Waals surface area contributed by atoms with E-state index in [-0.39, 0.29) is 18.2 Å². The average molecular weight is 343 g/mol. The molecule has 124 valence electrons. The molecule has 0 aliphatic heterocycles. The largest absolute Gasteiger partial charge is 0.353 e. The van der Waals surface area contributed by atoms with Gasteiger partial charge in [-0.1, -0.05) is 60.1 Å². The maximum Gasteiger partial charge on any atom is 0.253 e. The van der Waals surface area contributed by atoms with Crippen molar-refractivity contribution in [2.45, 2.75) is 12.5 Å². The van der Waals surface area contributed by atoms with Crippen molar-refractivity contribution < 1.29 is 9.59 Å². The zero-order valence-electron chi connectivity index (χ0n) is 13.2. The first-order valence-electron chi connectivity index (χ1n) is 7.59. The molecule has 0 aromatic heterocycles. The molecule has 4 nitrogen and oxygen atoms in total. The Morgan fingerprint density at radius 1 is 1.08 bits per heavy atom. The van der Waals surface area contributed by atoms with Crippen molar-refractivity contribution in [1.29, 1.82) is 0 Å². The van der Waals surface area contributed by atoms with Crippen molar-refractivity contribution in [3.05, 3.63) is 83.4 Å². The molecule has 1 atom stereocenters. The summed E-state index contributed by atoms with van der Waals surface area (Å²) in [4.78, 5) is 24.5. The molecule has 0 saturated carbocycles. The lowest BCUT2D eigenvalue weighted by Crippen LogP contribution is -2.34. The Balaban J connectivity index is 2.17. The lowest BCUT2D eigenvalue weighted by atomic mass is 10.0. The fourth-order valence-electron chi connectivity index (χ4n) is 2.26. The van der Waals surface area contributed by atoms with E-state index in [1.165, 1.54) is 0 Å². The van der Waals surface area contributed by atoms with Crippen LogP contribution < -0.4 is 10.6 Å². The molecule has 0 aliphatic rings. The summed E-state index contributed by atoms with van der Waals surface area (Å²) in [6, 6.07) is 15.7. The van der Waals surface area contributed by atoms with Crippen molar-refractivity contribution in [3.8, 4) is 0 Å². The van der Waals surface area contributed by atoms with E-state index in [1.54, 1.807) is 30.3 Å². The number of carbonyl (C=O) groups is 2. The third-order valence-corrected chi connectivity index (χ3v) is 3.79. The molecule has 0 aliphatic carbocycles. The normalized spacial score (nSPS) is 11.4. The maximum absolute atomic E-state index is 12.5. The van der Waals surface area contributed by atoms with Gasteiger partial charge in [0.15, 0.2) is 0 Å². The molecule has 1 unspecified atom stereocenters. The molecule has 5 heteroatoms. The Kier molecular flexibility index (Phi) is 6.58. The number of carbonyl (C=O) groups excluding carboxylic acids is 2. The van der Waals surface area contributed by atoms with Gasteiger partial charge in [0.1, 0.15) is 0 Å². The molecule has 24 heavy (non-hydrogen) atoms. The van der Waals surface area contributed by atoms with Crippen molar-refractivity contribution >= 4 is 23.4 Å². The van der Waals surface area contributed by atoms with Crippen LogP contribution >= 0.6 is 11.6 Å². The predicted molar refractivity (Wildman–Crippen MR) is 95.9 cm³/mol. The number of nitrogens with one attached hydrogen (secondary N) is 2. The van der Waals surface area contributed by atoms with Gasteiger partial charge in [-0.25, -0.2) is 0 Å². The van der Waals surface area contributed by atoms with E-state index in [4.69, 9.17) is 11.6 Å². The van der Waals surface area contributed by atoms with E-state index in [0.29, 0.717) is 17.1 Å². The molecule has 2 aromatic rings. The highest BCUT2D eigenvalue weighted by Crippen LogP contribution is 2.20. The van der Waals surface area contributed by atoms with E-state index in [1.807, 2.05) is 30.3 Å². The third kappa shape index (κ3) is 4.96. The average Bonchev–Trinajstić information content (AvgIpc) is 2.60. The molecule has 2 N–H and O–H groups in total. The van der Waals surface area contributed by atoms with Crippen LogP contribution in [-0.4, -0.2) is 18.4 Å². The number of amides is 2. The van der Waals surface area contributed by atoms with Gasteiger partial charge < -0.3 is 10.6 Å². The standard InChI is InChI=1S/C19H19ClN2O2/c1-2-12-21-18(23)13-17(14-8-4-3-5-9-14)22-19(24)15-10-6-7-11-16(15)20/h2-11,17H,1,12-13H2,(H,21,23)(H,22,24). The van der Waals surface area contributed by atoms with E-state index in [0.717, 1.165) is 5.56 Å². The Labute approximate surface area is 146 Å². The van der Waals surface area contributed by atoms with Crippen LogP contribution in [0, 0.1) is 0 Å². The Bertz CT molecular complexity index is 716. The molecule has 0 heterocycles. The highest BCUT2D eigenvalue weighted by molar-refractivity contribution is 6.33. The maximum atomic E-state index is 12.5. The molecule has 0 saturated heterocycles. The molecule has 0 spiro atoms. The Morgan fingerprint density at radius 3 is 2.42 bits per heavy atom. The zero-order valence-corrected chi connectivity index (χ0v) is 13.9. The number of hydrogen-bond donors (Lipinski definition) is 2. The minimum Gasteiger partial charge on any atom is -0.353 e. The summed E-state index contributed by atoms with van der Waals surface area (Å²) in [7, 11) is 0. The lowest BCUT2D eigenvalue weighted by Gasteiger charge is -2.19. The summed E-state index contributed by atoms with van der Waals surface area (Å²) < 4.78 is 0. The summed E-state index contributed by atoms with van der Waals surface area (Å²) in [6.07, 6.45) is 1.74. The van der Waals surface area contributed by atoms with Gasteiger partial charge in [0.25, 0.3) is 5.91 Å². The van der Waals surface area contributed by atoms with Crippen LogP contribution in [-0.2, 0) is 4.79 Å². The Morgan fingerprint density at radius 2 is 1.75 bits per heavy atom. The summed E-state index contributed by atoms with van der Waals surface area (Å²) in [5.74, 6) is -0.478. The smallest absolute Gasteiger partial charge is 0.253 e. The molecule has 2 aromatic carbocycles. The van der Waals surface area contributed by atoms with Gasteiger partial charge in [-0.3, -0.25) is 9.59 Å². The molecule has 2 rings (SSSR count). The van der Waals surface area contributed by atoms with Gasteiger partial charge in [-0.05, 0) is 17.7 Å². The van der Waals surface area contributed by atoms with Gasteiger partial charge in [0.2, 0.25) is 5.91 Å². The van der Waals surface area contributed by atoms with E-state index >= 15 is 0 Å². The molecular weight excluding hydrogens is 324 g/mol. The summed E-state index contributed by atoms with van der Waals surface area (Å²) in [6.45, 7) is 3.96. The van der Waals surface area contributed by atoms with E-state index < -0.39 is 6.04 Å². The summed E-state index contributed by atoms with van der Waals surface area (Å²) in [5, 5.41) is 5.98. The zero-order chi connectivity index (χ0) is 17.4. The van der Waals surface area contributed by atoms with Crippen LogP contribution in [0.5, 0.6) is 0 Å². The second kappa shape index (κ2) is 8.89. The number of hydrogen-bond acceptors (Lipinski definition) is 2.